The molecule has 0 aromatic heterocycles. The van der Waals surface area contributed by atoms with Gasteiger partial charge in [-0.25, -0.2) is 0 Å². The van der Waals surface area contributed by atoms with E-state index in [0.29, 0.717) is 6.54 Å². The average molecular weight is 255 g/mol. The molecule has 104 valence electrons. The third-order valence-electron chi connectivity index (χ3n) is 3.89. The van der Waals surface area contributed by atoms with Gasteiger partial charge in [-0.3, -0.25) is 9.59 Å². The molecule has 1 unspecified atom stereocenters. The molecule has 0 spiro atoms. The molecule has 0 heterocycles. The maximum atomic E-state index is 12.2. The van der Waals surface area contributed by atoms with Crippen LogP contribution in [-0.4, -0.2) is 37.5 Å². The van der Waals surface area contributed by atoms with Crippen molar-refractivity contribution in [2.75, 3.05) is 20.7 Å². The summed E-state index contributed by atoms with van der Waals surface area (Å²) in [5, 5.41) is 0. The van der Waals surface area contributed by atoms with Crippen molar-refractivity contribution in [3.05, 3.63) is 0 Å². The number of methoxy groups -OCH3 is 1. The summed E-state index contributed by atoms with van der Waals surface area (Å²) in [6, 6.07) is 0. The molecule has 18 heavy (non-hydrogen) atoms. The molecule has 0 aromatic rings. The van der Waals surface area contributed by atoms with Crippen molar-refractivity contribution in [3.8, 4) is 0 Å². The Balaban J connectivity index is 2.43. The van der Waals surface area contributed by atoms with Crippen molar-refractivity contribution < 1.29 is 14.3 Å². The van der Waals surface area contributed by atoms with Gasteiger partial charge in [0.25, 0.3) is 0 Å². The summed E-state index contributed by atoms with van der Waals surface area (Å²) in [5.41, 5.74) is 0. The monoisotopic (exact) mass is 255 g/mol. The second kappa shape index (κ2) is 6.76. The highest BCUT2D eigenvalue weighted by Gasteiger charge is 2.28. The molecular weight excluding hydrogens is 230 g/mol. The van der Waals surface area contributed by atoms with Crippen LogP contribution in [0, 0.1) is 17.8 Å². The molecule has 0 saturated heterocycles. The Labute approximate surface area is 110 Å². The lowest BCUT2D eigenvalue weighted by atomic mass is 9.82. The van der Waals surface area contributed by atoms with E-state index in [4.69, 9.17) is 0 Å². The number of carbonyl (C=O) groups is 2. The van der Waals surface area contributed by atoms with Gasteiger partial charge in [0.1, 0.15) is 0 Å². The number of hydrogen-bond donors (Lipinski definition) is 0. The Bertz CT molecular complexity index is 295. The molecule has 1 rings (SSSR count). The summed E-state index contributed by atoms with van der Waals surface area (Å²) in [6.45, 7) is 4.47. The van der Waals surface area contributed by atoms with Gasteiger partial charge in [0, 0.05) is 19.5 Å². The van der Waals surface area contributed by atoms with E-state index in [1.807, 2.05) is 0 Å². The van der Waals surface area contributed by atoms with Gasteiger partial charge in [-0.15, -0.1) is 0 Å². The van der Waals surface area contributed by atoms with Crippen LogP contribution in [0.25, 0.3) is 0 Å². The fourth-order valence-corrected chi connectivity index (χ4v) is 2.60. The molecule has 1 aliphatic carbocycles. The summed E-state index contributed by atoms with van der Waals surface area (Å²) in [5.74, 6) is 0.556. The Morgan fingerprint density at radius 2 is 1.83 bits per heavy atom. The minimum absolute atomic E-state index is 0.149. The van der Waals surface area contributed by atoms with Gasteiger partial charge in [-0.05, 0) is 31.6 Å². The molecule has 0 N–H and O–H groups in total. The zero-order chi connectivity index (χ0) is 13.7. The molecule has 1 aliphatic rings. The standard InChI is InChI=1S/C14H25NO3/c1-10-5-7-12(8-6-10)13(16)15(3)9-11(2)14(17)18-4/h10-12H,5-9H2,1-4H3. The van der Waals surface area contributed by atoms with Crippen LogP contribution in [0.5, 0.6) is 0 Å². The minimum Gasteiger partial charge on any atom is -0.469 e. The zero-order valence-electron chi connectivity index (χ0n) is 11.9. The molecule has 4 nitrogen and oxygen atoms in total. The average Bonchev–Trinajstić information content (AvgIpc) is 2.37. The number of nitrogens with zero attached hydrogens (tertiary/aromatic N) is 1. The third kappa shape index (κ3) is 4.00. The van der Waals surface area contributed by atoms with Crippen molar-refractivity contribution >= 4 is 11.9 Å². The van der Waals surface area contributed by atoms with Crippen molar-refractivity contribution in [2.24, 2.45) is 17.8 Å². The van der Waals surface area contributed by atoms with Crippen LogP contribution >= 0.6 is 0 Å². The molecule has 0 aliphatic heterocycles. The van der Waals surface area contributed by atoms with E-state index < -0.39 is 0 Å². The first-order chi connectivity index (χ1) is 8.45. The highest BCUT2D eigenvalue weighted by atomic mass is 16.5. The van der Waals surface area contributed by atoms with E-state index in [2.05, 4.69) is 11.7 Å². The fourth-order valence-electron chi connectivity index (χ4n) is 2.60. The van der Waals surface area contributed by atoms with E-state index in [1.165, 1.54) is 7.11 Å². The van der Waals surface area contributed by atoms with Gasteiger partial charge in [-0.1, -0.05) is 13.8 Å². The number of esters is 1. The lowest BCUT2D eigenvalue weighted by Crippen LogP contribution is -2.39. The SMILES string of the molecule is COC(=O)C(C)CN(C)C(=O)C1CCC(C)CC1. The van der Waals surface area contributed by atoms with Crippen LogP contribution in [-0.2, 0) is 14.3 Å². The van der Waals surface area contributed by atoms with Gasteiger partial charge in [0.15, 0.2) is 0 Å². The lowest BCUT2D eigenvalue weighted by Gasteiger charge is -2.29. The van der Waals surface area contributed by atoms with Crippen LogP contribution < -0.4 is 0 Å². The Morgan fingerprint density at radius 1 is 1.28 bits per heavy atom. The quantitative estimate of drug-likeness (QED) is 0.723. The molecule has 1 saturated carbocycles. The smallest absolute Gasteiger partial charge is 0.310 e. The van der Waals surface area contributed by atoms with E-state index in [9.17, 15) is 9.59 Å². The van der Waals surface area contributed by atoms with Gasteiger partial charge >= 0.3 is 5.97 Å². The van der Waals surface area contributed by atoms with Crippen LogP contribution in [0.1, 0.15) is 39.5 Å². The second-order valence-electron chi connectivity index (χ2n) is 5.60. The van der Waals surface area contributed by atoms with Crippen LogP contribution in [0.15, 0.2) is 0 Å². The molecule has 1 fully saturated rings. The first-order valence-electron chi connectivity index (χ1n) is 6.78. The van der Waals surface area contributed by atoms with Crippen molar-refractivity contribution in [1.29, 1.82) is 0 Å². The fraction of sp³-hybridized carbons (Fsp3) is 0.857. The molecule has 0 bridgehead atoms. The first-order valence-corrected chi connectivity index (χ1v) is 6.78. The third-order valence-corrected chi connectivity index (χ3v) is 3.89. The van der Waals surface area contributed by atoms with Crippen molar-refractivity contribution in [1.82, 2.24) is 4.90 Å². The van der Waals surface area contributed by atoms with Crippen molar-refractivity contribution in [3.63, 3.8) is 0 Å². The Morgan fingerprint density at radius 3 is 2.33 bits per heavy atom. The number of rotatable bonds is 4. The Kier molecular flexibility index (Phi) is 5.63. The maximum absolute atomic E-state index is 12.2. The number of ether oxygens (including phenoxy) is 1. The van der Waals surface area contributed by atoms with Crippen molar-refractivity contribution in [2.45, 2.75) is 39.5 Å². The zero-order valence-corrected chi connectivity index (χ0v) is 11.9. The topological polar surface area (TPSA) is 46.6 Å². The highest BCUT2D eigenvalue weighted by Crippen LogP contribution is 2.29. The summed E-state index contributed by atoms with van der Waals surface area (Å²) in [6.07, 6.45) is 4.24. The second-order valence-corrected chi connectivity index (χ2v) is 5.60. The van der Waals surface area contributed by atoms with Crippen LogP contribution in [0.3, 0.4) is 0 Å². The molecule has 1 amide bonds. The molecule has 0 aromatic carbocycles. The van der Waals surface area contributed by atoms with Gasteiger partial charge in [0.2, 0.25) is 5.91 Å². The normalized spacial score (nSPS) is 25.3. The Hall–Kier alpha value is -1.06. The summed E-state index contributed by atoms with van der Waals surface area (Å²) in [7, 11) is 3.16. The molecule has 4 heteroatoms. The van der Waals surface area contributed by atoms with Crippen LogP contribution in [0.2, 0.25) is 0 Å². The molecular formula is C14H25NO3. The highest BCUT2D eigenvalue weighted by molar-refractivity contribution is 5.79. The lowest BCUT2D eigenvalue weighted by molar-refractivity contribution is -0.146. The number of hydrogen-bond acceptors (Lipinski definition) is 3. The van der Waals surface area contributed by atoms with E-state index in [-0.39, 0.29) is 23.7 Å². The van der Waals surface area contributed by atoms with Gasteiger partial charge in [-0.2, -0.15) is 0 Å². The number of carbonyl (C=O) groups excluding carboxylic acids is 2. The number of amides is 1. The minimum atomic E-state index is -0.258. The first kappa shape index (κ1) is 15.0. The van der Waals surface area contributed by atoms with E-state index in [0.717, 1.165) is 31.6 Å². The summed E-state index contributed by atoms with van der Waals surface area (Å²) in [4.78, 5) is 25.2. The largest absolute Gasteiger partial charge is 0.469 e. The molecule has 0 radical (unpaired) electrons. The summed E-state index contributed by atoms with van der Waals surface area (Å²) >= 11 is 0. The van der Waals surface area contributed by atoms with E-state index in [1.54, 1.807) is 18.9 Å². The van der Waals surface area contributed by atoms with Gasteiger partial charge < -0.3 is 9.64 Å². The predicted octanol–water partition coefficient (Wildman–Crippen LogP) is 2.08. The van der Waals surface area contributed by atoms with Crippen LogP contribution in [0.4, 0.5) is 0 Å². The van der Waals surface area contributed by atoms with E-state index >= 15 is 0 Å². The van der Waals surface area contributed by atoms with Gasteiger partial charge in [0.05, 0.1) is 13.0 Å². The predicted molar refractivity (Wildman–Crippen MR) is 69.9 cm³/mol. The maximum Gasteiger partial charge on any atom is 0.310 e. The molecule has 1 atom stereocenters. The summed E-state index contributed by atoms with van der Waals surface area (Å²) < 4.78 is 4.68.